The number of amides is 1. The summed E-state index contributed by atoms with van der Waals surface area (Å²) in [5.41, 5.74) is 2.33. The fourth-order valence-corrected chi connectivity index (χ4v) is 2.91. The largest absolute Gasteiger partial charge is 0.353 e. The zero-order chi connectivity index (χ0) is 15.1. The van der Waals surface area contributed by atoms with E-state index in [9.17, 15) is 4.79 Å². The van der Waals surface area contributed by atoms with Crippen molar-refractivity contribution in [3.8, 4) is 6.07 Å². The van der Waals surface area contributed by atoms with Gasteiger partial charge in [0.05, 0.1) is 11.3 Å². The van der Waals surface area contributed by atoms with Gasteiger partial charge in [0.2, 0.25) is 5.91 Å². The molecule has 0 saturated heterocycles. The predicted octanol–water partition coefficient (Wildman–Crippen LogP) is 2.97. The molecular weight excluding hydrogens is 270 g/mol. The summed E-state index contributed by atoms with van der Waals surface area (Å²) in [6.07, 6.45) is 2.02. The van der Waals surface area contributed by atoms with Crippen molar-refractivity contribution in [1.82, 2.24) is 10.3 Å². The van der Waals surface area contributed by atoms with Gasteiger partial charge in [-0.2, -0.15) is 5.26 Å². The Labute approximate surface area is 125 Å². The SMILES string of the molecule is CCCC(C)NC(=O)CSc1nc(C)cc(C)c1C#N. The molecular formula is C15H21N3OS. The van der Waals surface area contributed by atoms with Crippen LogP contribution >= 0.6 is 11.8 Å². The Kier molecular flexibility index (Phi) is 6.53. The van der Waals surface area contributed by atoms with E-state index in [2.05, 4.69) is 23.3 Å². The smallest absolute Gasteiger partial charge is 0.230 e. The highest BCUT2D eigenvalue weighted by molar-refractivity contribution is 8.00. The molecule has 0 aliphatic carbocycles. The number of nitrogens with zero attached hydrogens (tertiary/aromatic N) is 2. The molecule has 1 aromatic rings. The van der Waals surface area contributed by atoms with Gasteiger partial charge in [-0.25, -0.2) is 4.98 Å². The normalized spacial score (nSPS) is 11.8. The average Bonchev–Trinajstić information content (AvgIpc) is 2.36. The highest BCUT2D eigenvalue weighted by atomic mass is 32.2. The van der Waals surface area contributed by atoms with Crippen LogP contribution in [0.1, 0.15) is 43.5 Å². The number of aryl methyl sites for hydroxylation is 2. The van der Waals surface area contributed by atoms with Crippen molar-refractivity contribution in [1.29, 1.82) is 5.26 Å². The number of carbonyl (C=O) groups is 1. The molecule has 0 radical (unpaired) electrons. The zero-order valence-electron chi connectivity index (χ0n) is 12.5. The van der Waals surface area contributed by atoms with Crippen molar-refractivity contribution >= 4 is 17.7 Å². The first-order chi connectivity index (χ1) is 9.47. The monoisotopic (exact) mass is 291 g/mol. The third-order valence-electron chi connectivity index (χ3n) is 2.89. The van der Waals surface area contributed by atoms with Gasteiger partial charge in [-0.3, -0.25) is 4.79 Å². The van der Waals surface area contributed by atoms with Crippen molar-refractivity contribution < 1.29 is 4.79 Å². The van der Waals surface area contributed by atoms with Crippen molar-refractivity contribution in [2.45, 2.75) is 51.6 Å². The first-order valence-electron chi connectivity index (χ1n) is 6.78. The first-order valence-corrected chi connectivity index (χ1v) is 7.77. The lowest BCUT2D eigenvalue weighted by Gasteiger charge is -2.12. The number of rotatable bonds is 6. The van der Waals surface area contributed by atoms with Crippen molar-refractivity contribution in [2.75, 3.05) is 5.75 Å². The van der Waals surface area contributed by atoms with Crippen LogP contribution in [-0.4, -0.2) is 22.7 Å². The van der Waals surface area contributed by atoms with Crippen LogP contribution in [0.4, 0.5) is 0 Å². The van der Waals surface area contributed by atoms with Gasteiger partial charge in [0.1, 0.15) is 11.1 Å². The molecule has 20 heavy (non-hydrogen) atoms. The third kappa shape index (κ3) is 4.86. The number of aromatic nitrogens is 1. The summed E-state index contributed by atoms with van der Waals surface area (Å²) in [7, 11) is 0. The van der Waals surface area contributed by atoms with E-state index in [-0.39, 0.29) is 11.9 Å². The molecule has 1 atom stereocenters. The van der Waals surface area contributed by atoms with Gasteiger partial charge in [0.15, 0.2) is 0 Å². The molecule has 0 aliphatic rings. The lowest BCUT2D eigenvalue weighted by molar-refractivity contribution is -0.119. The lowest BCUT2D eigenvalue weighted by atomic mass is 10.1. The van der Waals surface area contributed by atoms with E-state index >= 15 is 0 Å². The number of nitrogens with one attached hydrogen (secondary N) is 1. The van der Waals surface area contributed by atoms with Crippen LogP contribution in [0.25, 0.3) is 0 Å². The van der Waals surface area contributed by atoms with E-state index in [1.807, 2.05) is 26.8 Å². The minimum atomic E-state index is -0.0131. The Morgan fingerprint density at radius 1 is 1.55 bits per heavy atom. The molecule has 1 rings (SSSR count). The Bertz CT molecular complexity index is 523. The van der Waals surface area contributed by atoms with Crippen LogP contribution in [0.2, 0.25) is 0 Å². The van der Waals surface area contributed by atoms with E-state index in [1.165, 1.54) is 11.8 Å². The molecule has 1 aromatic heterocycles. The summed E-state index contributed by atoms with van der Waals surface area (Å²) in [6, 6.07) is 4.23. The van der Waals surface area contributed by atoms with Crippen LogP contribution in [-0.2, 0) is 4.79 Å². The van der Waals surface area contributed by atoms with Crippen LogP contribution in [0, 0.1) is 25.2 Å². The van der Waals surface area contributed by atoms with Gasteiger partial charge in [-0.1, -0.05) is 25.1 Å². The molecule has 5 heteroatoms. The molecule has 0 aliphatic heterocycles. The van der Waals surface area contributed by atoms with Gasteiger partial charge in [0.25, 0.3) is 0 Å². The van der Waals surface area contributed by atoms with Crippen molar-refractivity contribution in [3.63, 3.8) is 0 Å². The average molecular weight is 291 g/mol. The second kappa shape index (κ2) is 7.91. The Morgan fingerprint density at radius 2 is 2.25 bits per heavy atom. The van der Waals surface area contributed by atoms with Gasteiger partial charge in [-0.05, 0) is 38.8 Å². The molecule has 1 heterocycles. The summed E-state index contributed by atoms with van der Waals surface area (Å²) in [6.45, 7) is 7.88. The standard InChI is InChI=1S/C15H21N3OS/c1-5-6-11(3)17-14(19)9-20-15-13(8-16)10(2)7-12(4)18-15/h7,11H,5-6,9H2,1-4H3,(H,17,19). The minimum Gasteiger partial charge on any atom is -0.353 e. The molecule has 1 unspecified atom stereocenters. The Morgan fingerprint density at radius 3 is 2.85 bits per heavy atom. The Hall–Kier alpha value is -1.54. The van der Waals surface area contributed by atoms with Crippen LogP contribution < -0.4 is 5.32 Å². The lowest BCUT2D eigenvalue weighted by Crippen LogP contribution is -2.33. The molecule has 0 spiro atoms. The Balaban J connectivity index is 2.66. The van der Waals surface area contributed by atoms with Crippen LogP contribution in [0.3, 0.4) is 0 Å². The maximum absolute atomic E-state index is 11.8. The summed E-state index contributed by atoms with van der Waals surface area (Å²) in [5, 5.41) is 12.8. The topological polar surface area (TPSA) is 65.8 Å². The quantitative estimate of drug-likeness (QED) is 0.818. The zero-order valence-corrected chi connectivity index (χ0v) is 13.3. The van der Waals surface area contributed by atoms with Gasteiger partial charge < -0.3 is 5.32 Å². The maximum atomic E-state index is 11.8. The van der Waals surface area contributed by atoms with Gasteiger partial charge in [0, 0.05) is 11.7 Å². The molecule has 1 amide bonds. The molecule has 0 fully saturated rings. The number of nitriles is 1. The predicted molar refractivity (Wildman–Crippen MR) is 81.7 cm³/mol. The molecule has 0 bridgehead atoms. The maximum Gasteiger partial charge on any atom is 0.230 e. The van der Waals surface area contributed by atoms with E-state index < -0.39 is 0 Å². The molecule has 0 aromatic carbocycles. The first kappa shape index (κ1) is 16.5. The number of thioether (sulfide) groups is 1. The van der Waals surface area contributed by atoms with Crippen molar-refractivity contribution in [2.24, 2.45) is 0 Å². The number of hydrogen-bond acceptors (Lipinski definition) is 4. The van der Waals surface area contributed by atoms with E-state index in [4.69, 9.17) is 5.26 Å². The summed E-state index contributed by atoms with van der Waals surface area (Å²) >= 11 is 1.32. The third-order valence-corrected chi connectivity index (χ3v) is 3.87. The van der Waals surface area contributed by atoms with E-state index in [0.29, 0.717) is 16.3 Å². The minimum absolute atomic E-state index is 0.0131. The second-order valence-electron chi connectivity index (χ2n) is 4.92. The molecule has 1 N–H and O–H groups in total. The number of carbonyl (C=O) groups excluding carboxylic acids is 1. The fourth-order valence-electron chi connectivity index (χ4n) is 2.00. The highest BCUT2D eigenvalue weighted by Gasteiger charge is 2.12. The molecule has 4 nitrogen and oxygen atoms in total. The van der Waals surface area contributed by atoms with Gasteiger partial charge in [-0.15, -0.1) is 0 Å². The van der Waals surface area contributed by atoms with Gasteiger partial charge >= 0.3 is 0 Å². The number of hydrogen-bond donors (Lipinski definition) is 1. The summed E-state index contributed by atoms with van der Waals surface area (Å²) < 4.78 is 0. The van der Waals surface area contributed by atoms with E-state index in [1.54, 1.807) is 0 Å². The van der Waals surface area contributed by atoms with E-state index in [0.717, 1.165) is 24.1 Å². The second-order valence-corrected chi connectivity index (χ2v) is 5.88. The molecule has 0 saturated carbocycles. The summed E-state index contributed by atoms with van der Waals surface area (Å²) in [5.74, 6) is 0.277. The van der Waals surface area contributed by atoms with Crippen LogP contribution in [0.5, 0.6) is 0 Å². The summed E-state index contributed by atoms with van der Waals surface area (Å²) in [4.78, 5) is 16.2. The highest BCUT2D eigenvalue weighted by Crippen LogP contribution is 2.23. The molecule has 108 valence electrons. The number of pyridine rings is 1. The van der Waals surface area contributed by atoms with Crippen molar-refractivity contribution in [3.05, 3.63) is 22.9 Å². The fraction of sp³-hybridized carbons (Fsp3) is 0.533. The van der Waals surface area contributed by atoms with Crippen LogP contribution in [0.15, 0.2) is 11.1 Å².